The highest BCUT2D eigenvalue weighted by atomic mass is 16.5. The van der Waals surface area contributed by atoms with E-state index in [2.05, 4.69) is 96.3 Å². The van der Waals surface area contributed by atoms with E-state index in [-0.39, 0.29) is 0 Å². The standard InChI is InChI=1S/C27H27NO/c1-3-9-20(10-4-1)11-8-18-29-22-16-17-26-25(19-22)23-14-7-15-24(23)27(28-26)21-12-5-2-6-13-21/h1-7,9-10,12-14,16-17,19,23-24,27-28H,8,11,15,18H2. The van der Waals surface area contributed by atoms with E-state index in [4.69, 9.17) is 4.74 Å². The highest BCUT2D eigenvalue weighted by molar-refractivity contribution is 5.61. The average molecular weight is 382 g/mol. The Labute approximate surface area is 173 Å². The molecule has 1 heterocycles. The van der Waals surface area contributed by atoms with E-state index in [1.165, 1.54) is 22.4 Å². The second-order valence-corrected chi connectivity index (χ2v) is 8.07. The number of benzene rings is 3. The fraction of sp³-hybridized carbons (Fsp3) is 0.259. The molecule has 0 amide bonds. The molecule has 0 aromatic heterocycles. The predicted octanol–water partition coefficient (Wildman–Crippen LogP) is 6.52. The maximum Gasteiger partial charge on any atom is 0.119 e. The Bertz CT molecular complexity index is 980. The molecule has 0 bridgehead atoms. The molecule has 0 spiro atoms. The van der Waals surface area contributed by atoms with Crippen molar-refractivity contribution in [1.82, 2.24) is 0 Å². The number of allylic oxidation sites excluding steroid dienone is 2. The Kier molecular flexibility index (Phi) is 5.08. The van der Waals surface area contributed by atoms with Gasteiger partial charge in [0, 0.05) is 11.6 Å². The van der Waals surface area contributed by atoms with E-state index in [9.17, 15) is 0 Å². The lowest BCUT2D eigenvalue weighted by Gasteiger charge is -2.37. The van der Waals surface area contributed by atoms with Gasteiger partial charge in [-0.05, 0) is 60.1 Å². The minimum absolute atomic E-state index is 0.362. The van der Waals surface area contributed by atoms with E-state index < -0.39 is 0 Å². The van der Waals surface area contributed by atoms with Crippen LogP contribution in [0.15, 0.2) is 91.0 Å². The van der Waals surface area contributed by atoms with Crippen LogP contribution in [0.2, 0.25) is 0 Å². The number of hydrogen-bond donors (Lipinski definition) is 1. The fourth-order valence-electron chi connectivity index (χ4n) is 4.76. The summed E-state index contributed by atoms with van der Waals surface area (Å²) >= 11 is 0. The Morgan fingerprint density at radius 3 is 2.52 bits per heavy atom. The summed E-state index contributed by atoms with van der Waals surface area (Å²) in [4.78, 5) is 0. The topological polar surface area (TPSA) is 21.3 Å². The lowest BCUT2D eigenvalue weighted by Crippen LogP contribution is -2.29. The van der Waals surface area contributed by atoms with Gasteiger partial charge in [0.05, 0.1) is 12.6 Å². The van der Waals surface area contributed by atoms with Crippen LogP contribution in [0.4, 0.5) is 5.69 Å². The third-order valence-electron chi connectivity index (χ3n) is 6.21. The zero-order valence-corrected chi connectivity index (χ0v) is 16.6. The average Bonchev–Trinajstić information content (AvgIpc) is 3.28. The number of aryl methyl sites for hydroxylation is 1. The van der Waals surface area contributed by atoms with Crippen LogP contribution in [0, 0.1) is 5.92 Å². The first-order valence-electron chi connectivity index (χ1n) is 10.7. The van der Waals surface area contributed by atoms with Crippen molar-refractivity contribution in [3.8, 4) is 5.75 Å². The van der Waals surface area contributed by atoms with Gasteiger partial charge in [0.2, 0.25) is 0 Å². The Balaban J connectivity index is 1.29. The van der Waals surface area contributed by atoms with Crippen LogP contribution in [0.25, 0.3) is 0 Å². The molecule has 2 aliphatic rings. The van der Waals surface area contributed by atoms with Crippen molar-refractivity contribution in [2.75, 3.05) is 11.9 Å². The third kappa shape index (κ3) is 3.80. The summed E-state index contributed by atoms with van der Waals surface area (Å²) in [6.07, 6.45) is 7.94. The van der Waals surface area contributed by atoms with Crippen LogP contribution in [0.3, 0.4) is 0 Å². The summed E-state index contributed by atoms with van der Waals surface area (Å²) < 4.78 is 6.10. The summed E-state index contributed by atoms with van der Waals surface area (Å²) in [6.45, 7) is 0.748. The van der Waals surface area contributed by atoms with Crippen molar-refractivity contribution >= 4 is 5.69 Å². The van der Waals surface area contributed by atoms with Crippen molar-refractivity contribution in [2.45, 2.75) is 31.2 Å². The molecule has 3 atom stereocenters. The fourth-order valence-corrected chi connectivity index (χ4v) is 4.76. The van der Waals surface area contributed by atoms with Gasteiger partial charge in [-0.25, -0.2) is 0 Å². The van der Waals surface area contributed by atoms with Gasteiger partial charge in [0.25, 0.3) is 0 Å². The van der Waals surface area contributed by atoms with Gasteiger partial charge in [-0.2, -0.15) is 0 Å². The summed E-state index contributed by atoms with van der Waals surface area (Å²) in [5.41, 5.74) is 5.36. The van der Waals surface area contributed by atoms with Gasteiger partial charge < -0.3 is 10.1 Å². The number of nitrogens with one attached hydrogen (secondary N) is 1. The lowest BCUT2D eigenvalue weighted by atomic mass is 9.77. The summed E-state index contributed by atoms with van der Waals surface area (Å²) in [5.74, 6) is 2.01. The van der Waals surface area contributed by atoms with E-state index >= 15 is 0 Å². The molecule has 5 rings (SSSR count). The highest BCUT2D eigenvalue weighted by Crippen LogP contribution is 2.50. The van der Waals surface area contributed by atoms with E-state index in [0.29, 0.717) is 17.9 Å². The predicted molar refractivity (Wildman–Crippen MR) is 119 cm³/mol. The number of hydrogen-bond acceptors (Lipinski definition) is 2. The molecule has 0 radical (unpaired) electrons. The first kappa shape index (κ1) is 18.1. The summed E-state index contributed by atoms with van der Waals surface area (Å²) in [6, 6.07) is 28.4. The number of rotatable bonds is 6. The van der Waals surface area contributed by atoms with E-state index in [0.717, 1.165) is 31.6 Å². The zero-order valence-electron chi connectivity index (χ0n) is 16.6. The Morgan fingerprint density at radius 1 is 0.897 bits per heavy atom. The quantitative estimate of drug-likeness (QED) is 0.387. The molecule has 2 heteroatoms. The zero-order chi connectivity index (χ0) is 19.5. The van der Waals surface area contributed by atoms with Crippen molar-refractivity contribution in [3.05, 3.63) is 108 Å². The number of ether oxygens (including phenoxy) is 1. The normalized spacial score (nSPS) is 21.9. The van der Waals surface area contributed by atoms with Crippen LogP contribution >= 0.6 is 0 Å². The molecule has 1 aliphatic carbocycles. The van der Waals surface area contributed by atoms with Gasteiger partial charge >= 0.3 is 0 Å². The Morgan fingerprint density at radius 2 is 1.69 bits per heavy atom. The Hall–Kier alpha value is -3.00. The van der Waals surface area contributed by atoms with E-state index in [1.54, 1.807) is 0 Å². The maximum atomic E-state index is 6.10. The van der Waals surface area contributed by atoms with Gasteiger partial charge in [-0.1, -0.05) is 72.8 Å². The number of fused-ring (bicyclic) bond motifs is 3. The van der Waals surface area contributed by atoms with Crippen LogP contribution in [-0.2, 0) is 6.42 Å². The smallest absolute Gasteiger partial charge is 0.119 e. The molecule has 2 nitrogen and oxygen atoms in total. The van der Waals surface area contributed by atoms with E-state index in [1.807, 2.05) is 0 Å². The first-order valence-corrected chi connectivity index (χ1v) is 10.7. The third-order valence-corrected chi connectivity index (χ3v) is 6.21. The van der Waals surface area contributed by atoms with Crippen LogP contribution in [-0.4, -0.2) is 6.61 Å². The second kappa shape index (κ2) is 8.16. The van der Waals surface area contributed by atoms with Crippen LogP contribution in [0.1, 0.15) is 41.5 Å². The largest absolute Gasteiger partial charge is 0.494 e. The molecule has 3 unspecified atom stereocenters. The minimum Gasteiger partial charge on any atom is -0.494 e. The highest BCUT2D eigenvalue weighted by Gasteiger charge is 2.37. The minimum atomic E-state index is 0.362. The van der Waals surface area contributed by atoms with Crippen LogP contribution in [0.5, 0.6) is 5.75 Å². The van der Waals surface area contributed by atoms with Gasteiger partial charge in [-0.3, -0.25) is 0 Å². The SMILES string of the molecule is C1=CC2c3cc(OCCCc4ccccc4)ccc3NC(c3ccccc3)C2C1. The van der Waals surface area contributed by atoms with Crippen molar-refractivity contribution < 1.29 is 4.74 Å². The molecule has 1 N–H and O–H groups in total. The van der Waals surface area contributed by atoms with Gasteiger partial charge in [0.15, 0.2) is 0 Å². The lowest BCUT2D eigenvalue weighted by molar-refractivity contribution is 0.310. The number of anilines is 1. The molecule has 146 valence electrons. The maximum absolute atomic E-state index is 6.10. The molecule has 1 aliphatic heterocycles. The van der Waals surface area contributed by atoms with Crippen molar-refractivity contribution in [1.29, 1.82) is 0 Å². The molecule has 0 fully saturated rings. The van der Waals surface area contributed by atoms with Gasteiger partial charge in [0.1, 0.15) is 5.75 Å². The summed E-state index contributed by atoms with van der Waals surface area (Å²) in [5, 5.41) is 3.81. The van der Waals surface area contributed by atoms with Crippen molar-refractivity contribution in [3.63, 3.8) is 0 Å². The monoisotopic (exact) mass is 381 g/mol. The second-order valence-electron chi connectivity index (χ2n) is 8.07. The molecule has 3 aromatic carbocycles. The molecule has 0 saturated carbocycles. The van der Waals surface area contributed by atoms with Gasteiger partial charge in [-0.15, -0.1) is 0 Å². The first-order chi connectivity index (χ1) is 14.4. The molecule has 29 heavy (non-hydrogen) atoms. The molecule has 0 saturated heterocycles. The molecular formula is C27H27NO. The molecular weight excluding hydrogens is 354 g/mol. The van der Waals surface area contributed by atoms with Crippen LogP contribution < -0.4 is 10.1 Å². The molecule has 3 aromatic rings. The summed E-state index contributed by atoms with van der Waals surface area (Å²) in [7, 11) is 0. The van der Waals surface area contributed by atoms with Crippen molar-refractivity contribution in [2.24, 2.45) is 5.92 Å².